The Hall–Kier alpha value is -2.25. The predicted molar refractivity (Wildman–Crippen MR) is 74.8 cm³/mol. The van der Waals surface area contributed by atoms with E-state index in [9.17, 15) is 4.79 Å². The van der Waals surface area contributed by atoms with Gasteiger partial charge in [0.2, 0.25) is 0 Å². The van der Waals surface area contributed by atoms with E-state index in [0.29, 0.717) is 10.6 Å². The number of carbonyl (C=O) groups excluding carboxylic acids is 1. The molecule has 104 valence electrons. The van der Waals surface area contributed by atoms with Gasteiger partial charge in [0, 0.05) is 0 Å². The van der Waals surface area contributed by atoms with E-state index in [0.717, 1.165) is 11.8 Å². The third-order valence-electron chi connectivity index (χ3n) is 2.36. The molecule has 0 saturated heterocycles. The number of nitrogens with two attached hydrogens (primary N) is 1. The van der Waals surface area contributed by atoms with Crippen LogP contribution in [0.1, 0.15) is 30.5 Å². The predicted octanol–water partition coefficient (Wildman–Crippen LogP) is 1.76. The van der Waals surface area contributed by atoms with Crippen molar-refractivity contribution in [3.63, 3.8) is 0 Å². The maximum Gasteiger partial charge on any atom is 0.316 e. The number of carbonyl (C=O) groups is 1. The fourth-order valence-corrected chi connectivity index (χ4v) is 2.33. The van der Waals surface area contributed by atoms with Crippen molar-refractivity contribution in [3.05, 3.63) is 16.7 Å². The van der Waals surface area contributed by atoms with E-state index in [-0.39, 0.29) is 28.8 Å². The molecule has 20 heavy (non-hydrogen) atoms. The van der Waals surface area contributed by atoms with Crippen molar-refractivity contribution in [2.24, 2.45) is 0 Å². The van der Waals surface area contributed by atoms with Crippen LogP contribution in [0, 0.1) is 29.6 Å². The normalized spacial score (nSPS) is 9.90. The Labute approximate surface area is 121 Å². The van der Waals surface area contributed by atoms with Gasteiger partial charge < -0.3 is 10.5 Å². The van der Waals surface area contributed by atoms with E-state index in [2.05, 4.69) is 4.98 Å². The minimum absolute atomic E-state index is 0.0324. The number of rotatable bonds is 4. The van der Waals surface area contributed by atoms with Crippen molar-refractivity contribution < 1.29 is 9.53 Å². The first-order valence-electron chi connectivity index (χ1n) is 5.83. The van der Waals surface area contributed by atoms with Crippen LogP contribution >= 0.6 is 11.8 Å². The third kappa shape index (κ3) is 3.62. The van der Waals surface area contributed by atoms with Gasteiger partial charge in [0.05, 0.1) is 23.0 Å². The first kappa shape index (κ1) is 15.8. The van der Waals surface area contributed by atoms with E-state index < -0.39 is 5.97 Å². The summed E-state index contributed by atoms with van der Waals surface area (Å²) in [7, 11) is 0. The van der Waals surface area contributed by atoms with Gasteiger partial charge >= 0.3 is 5.97 Å². The Morgan fingerprint density at radius 3 is 2.50 bits per heavy atom. The number of ether oxygens (including phenoxy) is 1. The lowest BCUT2D eigenvalue weighted by Crippen LogP contribution is -2.13. The zero-order chi connectivity index (χ0) is 15.3. The Morgan fingerprint density at radius 2 is 2.00 bits per heavy atom. The third-order valence-corrected chi connectivity index (χ3v) is 3.31. The lowest BCUT2D eigenvalue weighted by molar-refractivity contribution is -0.144. The van der Waals surface area contributed by atoms with Crippen molar-refractivity contribution in [2.75, 3.05) is 11.5 Å². The molecule has 1 rings (SSSR count). The number of esters is 1. The maximum atomic E-state index is 11.5. The number of thioether (sulfide) groups is 1. The standard InChI is InChI=1S/C13H14N4O2S/c1-7(2)19-11(18)6-20-13-10(5-15)8(3)9(4-14)12(16)17-13/h7H,6H2,1-3H3,(H2,16,17). The van der Waals surface area contributed by atoms with Gasteiger partial charge in [-0.25, -0.2) is 4.98 Å². The molecule has 0 aliphatic rings. The highest BCUT2D eigenvalue weighted by atomic mass is 32.2. The van der Waals surface area contributed by atoms with Crippen LogP contribution in [0.25, 0.3) is 0 Å². The highest BCUT2D eigenvalue weighted by molar-refractivity contribution is 7.99. The minimum Gasteiger partial charge on any atom is -0.462 e. The van der Waals surface area contributed by atoms with Crippen LogP contribution in [0.4, 0.5) is 5.82 Å². The van der Waals surface area contributed by atoms with Crippen LogP contribution in [-0.4, -0.2) is 22.8 Å². The second-order valence-electron chi connectivity index (χ2n) is 4.23. The molecule has 0 aliphatic carbocycles. The smallest absolute Gasteiger partial charge is 0.316 e. The first-order chi connectivity index (χ1) is 9.40. The van der Waals surface area contributed by atoms with Crippen molar-refractivity contribution in [2.45, 2.75) is 31.9 Å². The van der Waals surface area contributed by atoms with Crippen molar-refractivity contribution in [3.8, 4) is 12.1 Å². The molecule has 7 heteroatoms. The topological polar surface area (TPSA) is 113 Å². The van der Waals surface area contributed by atoms with Crippen LogP contribution < -0.4 is 5.73 Å². The summed E-state index contributed by atoms with van der Waals surface area (Å²) in [5.74, 6) is -0.301. The van der Waals surface area contributed by atoms with Crippen LogP contribution in [0.5, 0.6) is 0 Å². The molecule has 0 radical (unpaired) electrons. The summed E-state index contributed by atoms with van der Waals surface area (Å²) in [6.45, 7) is 5.14. The number of nitrogen functional groups attached to an aromatic ring is 1. The summed E-state index contributed by atoms with van der Waals surface area (Å²) in [6.07, 6.45) is -0.195. The summed E-state index contributed by atoms with van der Waals surface area (Å²) in [6, 6.07) is 3.91. The van der Waals surface area contributed by atoms with Crippen LogP contribution in [0.2, 0.25) is 0 Å². The zero-order valence-corrected chi connectivity index (χ0v) is 12.2. The number of hydrogen-bond acceptors (Lipinski definition) is 7. The van der Waals surface area contributed by atoms with Crippen LogP contribution in [0.15, 0.2) is 5.03 Å². The number of anilines is 1. The Kier molecular flexibility index (Phi) is 5.36. The highest BCUT2D eigenvalue weighted by Gasteiger charge is 2.17. The van der Waals surface area contributed by atoms with Crippen molar-refractivity contribution in [1.82, 2.24) is 4.98 Å². The molecule has 1 heterocycles. The van der Waals surface area contributed by atoms with Gasteiger partial charge in [0.1, 0.15) is 23.0 Å². The average Bonchev–Trinajstić information content (AvgIpc) is 2.35. The second kappa shape index (κ2) is 6.78. The van der Waals surface area contributed by atoms with Gasteiger partial charge in [-0.1, -0.05) is 11.8 Å². The maximum absolute atomic E-state index is 11.5. The van der Waals surface area contributed by atoms with E-state index in [1.54, 1.807) is 20.8 Å². The van der Waals surface area contributed by atoms with Gasteiger partial charge in [-0.15, -0.1) is 0 Å². The molecule has 0 saturated carbocycles. The van der Waals surface area contributed by atoms with Crippen molar-refractivity contribution in [1.29, 1.82) is 10.5 Å². The molecule has 0 unspecified atom stereocenters. The molecule has 0 aliphatic heterocycles. The molecule has 0 atom stereocenters. The second-order valence-corrected chi connectivity index (χ2v) is 5.19. The van der Waals surface area contributed by atoms with Crippen LogP contribution in [-0.2, 0) is 9.53 Å². The minimum atomic E-state index is -0.392. The lowest BCUT2D eigenvalue weighted by atomic mass is 10.1. The SMILES string of the molecule is Cc1c(C#N)c(N)nc(SCC(=O)OC(C)C)c1C#N. The Morgan fingerprint density at radius 1 is 1.40 bits per heavy atom. The fourth-order valence-electron chi connectivity index (χ4n) is 1.50. The Balaban J connectivity index is 3.00. The monoisotopic (exact) mass is 290 g/mol. The largest absolute Gasteiger partial charge is 0.462 e. The number of pyridine rings is 1. The van der Waals surface area contributed by atoms with Crippen LogP contribution in [0.3, 0.4) is 0 Å². The lowest BCUT2D eigenvalue weighted by Gasteiger charge is -2.10. The fraction of sp³-hybridized carbons (Fsp3) is 0.385. The molecule has 0 bridgehead atoms. The average molecular weight is 290 g/mol. The van der Waals surface area contributed by atoms with E-state index >= 15 is 0 Å². The molecule has 2 N–H and O–H groups in total. The number of aromatic nitrogens is 1. The quantitative estimate of drug-likeness (QED) is 0.664. The summed E-state index contributed by atoms with van der Waals surface area (Å²) in [4.78, 5) is 15.5. The van der Waals surface area contributed by atoms with E-state index in [1.807, 2.05) is 12.1 Å². The molecule has 1 aromatic rings. The van der Waals surface area contributed by atoms with Crippen molar-refractivity contribution >= 4 is 23.5 Å². The number of nitrogens with zero attached hydrogens (tertiary/aromatic N) is 3. The molecular weight excluding hydrogens is 276 g/mol. The molecule has 6 nitrogen and oxygen atoms in total. The molecule has 0 spiro atoms. The molecule has 1 aromatic heterocycles. The summed E-state index contributed by atoms with van der Waals surface area (Å²) in [5, 5.41) is 18.5. The molecule has 0 fully saturated rings. The van der Waals surface area contributed by atoms with E-state index in [4.69, 9.17) is 21.0 Å². The summed E-state index contributed by atoms with van der Waals surface area (Å²) in [5.41, 5.74) is 6.60. The summed E-state index contributed by atoms with van der Waals surface area (Å²) < 4.78 is 5.00. The van der Waals surface area contributed by atoms with E-state index in [1.165, 1.54) is 0 Å². The van der Waals surface area contributed by atoms with Gasteiger partial charge in [-0.3, -0.25) is 4.79 Å². The van der Waals surface area contributed by atoms with Gasteiger partial charge in [0.25, 0.3) is 0 Å². The summed E-state index contributed by atoms with van der Waals surface area (Å²) >= 11 is 1.07. The van der Waals surface area contributed by atoms with Gasteiger partial charge in [-0.05, 0) is 26.3 Å². The molecular formula is C13H14N4O2S. The zero-order valence-electron chi connectivity index (χ0n) is 11.4. The first-order valence-corrected chi connectivity index (χ1v) is 6.81. The number of nitriles is 2. The van der Waals surface area contributed by atoms with Gasteiger partial charge in [-0.2, -0.15) is 10.5 Å². The van der Waals surface area contributed by atoms with Gasteiger partial charge in [0.15, 0.2) is 0 Å². The molecule has 0 amide bonds. The number of hydrogen-bond donors (Lipinski definition) is 1. The Bertz CT molecular complexity index is 614. The highest BCUT2D eigenvalue weighted by Crippen LogP contribution is 2.27. The molecule has 0 aromatic carbocycles.